The van der Waals surface area contributed by atoms with Gasteiger partial charge in [-0.15, -0.1) is 0 Å². The second-order valence-corrected chi connectivity index (χ2v) is 20.2. The average Bonchev–Trinajstić information content (AvgIpc) is 3.16. The van der Waals surface area contributed by atoms with Crippen molar-refractivity contribution in [2.75, 3.05) is 0 Å². The van der Waals surface area contributed by atoms with Crippen LogP contribution >= 0.6 is 0 Å². The Morgan fingerprint density at radius 3 is 2.32 bits per heavy atom. The lowest BCUT2D eigenvalue weighted by molar-refractivity contribution is -0.155. The van der Waals surface area contributed by atoms with Crippen molar-refractivity contribution in [3.05, 3.63) is 36.0 Å². The Bertz CT molecular complexity index is 896. The normalized spacial score (nSPS) is 36.6. The molecule has 2 N–H and O–H groups in total. The number of rotatable bonds is 8. The molecule has 3 aliphatic rings. The smallest absolute Gasteiger partial charge is 0.192 e. The van der Waals surface area contributed by atoms with Crippen LogP contribution in [0.1, 0.15) is 107 Å². The summed E-state index contributed by atoms with van der Waals surface area (Å²) < 4.78 is 6.76. The van der Waals surface area contributed by atoms with Crippen LogP contribution in [0.25, 0.3) is 0 Å². The van der Waals surface area contributed by atoms with Crippen LogP contribution in [0.5, 0.6) is 0 Å². The van der Waals surface area contributed by atoms with E-state index in [0.717, 1.165) is 56.1 Å². The minimum Gasteiger partial charge on any atom is -0.414 e. The summed E-state index contributed by atoms with van der Waals surface area (Å²) in [5.74, 6) is 2.37. The van der Waals surface area contributed by atoms with E-state index in [4.69, 9.17) is 4.43 Å². The molecule has 3 fully saturated rings. The van der Waals surface area contributed by atoms with Gasteiger partial charge in [0.1, 0.15) is 6.10 Å². The zero-order valence-electron chi connectivity index (χ0n) is 26.4. The number of fused-ring (bicyclic) bond motifs is 1. The fraction of sp³-hybridized carbons (Fsp3) is 0.824. The molecule has 0 amide bonds. The largest absolute Gasteiger partial charge is 0.414 e. The lowest BCUT2D eigenvalue weighted by atomic mass is 9.56. The van der Waals surface area contributed by atoms with Gasteiger partial charge in [-0.05, 0) is 116 Å². The van der Waals surface area contributed by atoms with E-state index in [9.17, 15) is 10.2 Å². The minimum absolute atomic E-state index is 0.0505. The van der Waals surface area contributed by atoms with Gasteiger partial charge in [0.25, 0.3) is 0 Å². The predicted molar refractivity (Wildman–Crippen MR) is 165 cm³/mol. The number of allylic oxidation sites excluding steroid dienone is 3. The van der Waals surface area contributed by atoms with Gasteiger partial charge in [0.05, 0.1) is 5.60 Å². The summed E-state index contributed by atoms with van der Waals surface area (Å²) in [5, 5.41) is 24.0. The Morgan fingerprint density at radius 2 is 1.71 bits per heavy atom. The monoisotopic (exact) mass is 544 g/mol. The summed E-state index contributed by atoms with van der Waals surface area (Å²) in [6.45, 7) is 27.5. The minimum atomic E-state index is -1.87. The molecule has 3 nitrogen and oxygen atoms in total. The van der Waals surface area contributed by atoms with Crippen molar-refractivity contribution < 1.29 is 14.6 Å². The predicted octanol–water partition coefficient (Wildman–Crippen LogP) is 8.84. The molecule has 0 aliphatic heterocycles. The first-order valence-corrected chi connectivity index (χ1v) is 18.5. The van der Waals surface area contributed by atoms with E-state index in [1.807, 2.05) is 6.08 Å². The van der Waals surface area contributed by atoms with E-state index in [1.165, 1.54) is 0 Å². The van der Waals surface area contributed by atoms with Gasteiger partial charge < -0.3 is 14.6 Å². The van der Waals surface area contributed by atoms with E-state index < -0.39 is 20.0 Å². The lowest BCUT2D eigenvalue weighted by Crippen LogP contribution is -2.56. The SMILES string of the molecule is C=C1CCC(O[Si](C)(C)C(C)(C)C)CC1=CC(O)C1(O)CCC[C@]2(C)C(C(C)C=CC(C)C(C)C)CCC12. The molecule has 0 radical (unpaired) electrons. The Labute approximate surface area is 236 Å². The highest BCUT2D eigenvalue weighted by Crippen LogP contribution is 2.61. The zero-order chi connectivity index (χ0) is 28.7. The quantitative estimate of drug-likeness (QED) is 0.237. The zero-order valence-corrected chi connectivity index (χ0v) is 27.4. The van der Waals surface area contributed by atoms with Crippen molar-refractivity contribution in [2.45, 2.75) is 143 Å². The van der Waals surface area contributed by atoms with Gasteiger partial charge in [0.15, 0.2) is 8.32 Å². The Kier molecular flexibility index (Phi) is 9.77. The third-order valence-corrected chi connectivity index (χ3v) is 16.1. The number of hydrogen-bond donors (Lipinski definition) is 2. The van der Waals surface area contributed by atoms with Crippen LogP contribution in [-0.4, -0.2) is 36.3 Å². The van der Waals surface area contributed by atoms with Crippen LogP contribution in [0.2, 0.25) is 18.1 Å². The molecule has 7 unspecified atom stereocenters. The lowest BCUT2D eigenvalue weighted by Gasteiger charge is -2.52. The maximum absolute atomic E-state index is 12.2. The van der Waals surface area contributed by atoms with E-state index in [1.54, 1.807) is 0 Å². The third kappa shape index (κ3) is 6.45. The van der Waals surface area contributed by atoms with Gasteiger partial charge in [0, 0.05) is 6.10 Å². The van der Waals surface area contributed by atoms with Crippen molar-refractivity contribution in [2.24, 2.45) is 35.0 Å². The Morgan fingerprint density at radius 1 is 1.05 bits per heavy atom. The van der Waals surface area contributed by atoms with Gasteiger partial charge in [-0.3, -0.25) is 0 Å². The topological polar surface area (TPSA) is 49.7 Å². The standard InChI is InChI=1S/C34H60O3Si/c1-23(2)24(3)13-14-26(5)29-17-18-30-33(29,9)19-12-20-34(30,36)31(35)22-27-21-28(16-15-25(27)4)37-38(10,11)32(6,7)8/h13-14,22-24,26,28-31,35-36H,4,12,15-21H2,1-3,5-11H3/t24?,26?,28?,29?,30?,31?,33-,34?/m1/s1. The molecule has 0 spiro atoms. The van der Waals surface area contributed by atoms with Crippen LogP contribution in [0.15, 0.2) is 36.0 Å². The van der Waals surface area contributed by atoms with Crippen molar-refractivity contribution in [3.63, 3.8) is 0 Å². The highest BCUT2D eigenvalue weighted by Gasteiger charge is 2.59. The fourth-order valence-corrected chi connectivity index (χ4v) is 8.89. The molecular weight excluding hydrogens is 484 g/mol. The Balaban J connectivity index is 1.78. The highest BCUT2D eigenvalue weighted by atomic mass is 28.4. The fourth-order valence-electron chi connectivity index (χ4n) is 7.50. The maximum atomic E-state index is 12.2. The van der Waals surface area contributed by atoms with E-state index in [0.29, 0.717) is 30.1 Å². The van der Waals surface area contributed by atoms with E-state index >= 15 is 0 Å². The molecule has 8 atom stereocenters. The molecule has 3 aliphatic carbocycles. The Hall–Kier alpha value is -0.683. The van der Waals surface area contributed by atoms with Gasteiger partial charge >= 0.3 is 0 Å². The second kappa shape index (κ2) is 11.7. The van der Waals surface area contributed by atoms with Crippen molar-refractivity contribution in [1.29, 1.82) is 0 Å². The summed E-state index contributed by atoms with van der Waals surface area (Å²) in [7, 11) is -1.87. The maximum Gasteiger partial charge on any atom is 0.192 e. The molecule has 38 heavy (non-hydrogen) atoms. The molecule has 0 bridgehead atoms. The highest BCUT2D eigenvalue weighted by molar-refractivity contribution is 6.74. The van der Waals surface area contributed by atoms with Crippen molar-refractivity contribution in [1.82, 2.24) is 0 Å². The molecule has 3 rings (SSSR count). The molecule has 0 heterocycles. The first-order chi connectivity index (χ1) is 17.4. The van der Waals surface area contributed by atoms with Crippen LogP contribution in [0.3, 0.4) is 0 Å². The van der Waals surface area contributed by atoms with Crippen LogP contribution in [0.4, 0.5) is 0 Å². The average molecular weight is 545 g/mol. The number of aliphatic hydroxyl groups excluding tert-OH is 1. The molecule has 0 aromatic rings. The van der Waals surface area contributed by atoms with Crippen molar-refractivity contribution in [3.8, 4) is 0 Å². The second-order valence-electron chi connectivity index (χ2n) is 15.4. The van der Waals surface area contributed by atoms with Crippen LogP contribution in [-0.2, 0) is 4.43 Å². The van der Waals surface area contributed by atoms with Crippen LogP contribution < -0.4 is 0 Å². The molecule has 218 valence electrons. The molecule has 3 saturated carbocycles. The third-order valence-electron chi connectivity index (χ3n) is 11.5. The summed E-state index contributed by atoms with van der Waals surface area (Å²) >= 11 is 0. The summed E-state index contributed by atoms with van der Waals surface area (Å²) in [6, 6.07) is 0. The summed E-state index contributed by atoms with van der Waals surface area (Å²) in [4.78, 5) is 0. The van der Waals surface area contributed by atoms with Gasteiger partial charge in [-0.25, -0.2) is 0 Å². The molecule has 0 saturated heterocycles. The van der Waals surface area contributed by atoms with Gasteiger partial charge in [0.2, 0.25) is 0 Å². The summed E-state index contributed by atoms with van der Waals surface area (Å²) in [6.07, 6.45) is 13.7. The molecule has 0 aromatic carbocycles. The van der Waals surface area contributed by atoms with Gasteiger partial charge in [-0.2, -0.15) is 0 Å². The number of hydrogen-bond acceptors (Lipinski definition) is 3. The number of aliphatic hydroxyl groups is 2. The first-order valence-electron chi connectivity index (χ1n) is 15.6. The molecule has 4 heteroatoms. The van der Waals surface area contributed by atoms with E-state index in [2.05, 4.69) is 87.2 Å². The summed E-state index contributed by atoms with van der Waals surface area (Å²) in [5.41, 5.74) is 1.18. The molecule has 0 aromatic heterocycles. The van der Waals surface area contributed by atoms with E-state index in [-0.39, 0.29) is 22.5 Å². The molecular formula is C34H60O3Si. The van der Waals surface area contributed by atoms with Crippen molar-refractivity contribution >= 4 is 8.32 Å². The van der Waals surface area contributed by atoms with Crippen LogP contribution in [0, 0.1) is 35.0 Å². The first kappa shape index (κ1) is 31.8. The van der Waals surface area contributed by atoms with Gasteiger partial charge in [-0.1, -0.05) is 79.7 Å².